The van der Waals surface area contributed by atoms with Crippen molar-refractivity contribution in [3.63, 3.8) is 0 Å². The molecule has 9 rings (SSSR count). The van der Waals surface area contributed by atoms with Gasteiger partial charge in [-0.2, -0.15) is 0 Å². The highest BCUT2D eigenvalue weighted by molar-refractivity contribution is 5.94. The number of phenols is 4. The van der Waals surface area contributed by atoms with Gasteiger partial charge in [0.05, 0.1) is 22.3 Å². The molecule has 360 valence electrons. The average Bonchev–Trinajstić information content (AvgIpc) is 3.39. The molecule has 0 fully saturated rings. The van der Waals surface area contributed by atoms with Crippen LogP contribution in [0.3, 0.4) is 0 Å². The molecule has 12 nitrogen and oxygen atoms in total. The first-order valence-corrected chi connectivity index (χ1v) is 23.2. The van der Waals surface area contributed by atoms with E-state index in [1.54, 1.807) is 173 Å². The van der Waals surface area contributed by atoms with E-state index in [-0.39, 0.29) is 90.5 Å². The zero-order valence-electron chi connectivity index (χ0n) is 39.5. The van der Waals surface area contributed by atoms with Crippen LogP contribution in [-0.2, 0) is 0 Å². The minimum Gasteiger partial charge on any atom is -0.508 e. The maximum absolute atomic E-state index is 13.9. The van der Waals surface area contributed by atoms with E-state index in [9.17, 15) is 39.6 Å². The fraction of sp³-hybridized carbons (Fsp3) is 0.133. The summed E-state index contributed by atoms with van der Waals surface area (Å²) < 4.78 is 24.6. The molecule has 0 radical (unpaired) electrons. The summed E-state index contributed by atoms with van der Waals surface area (Å²) in [6.45, 7) is 7.06. The minimum atomic E-state index is -0.831. The van der Waals surface area contributed by atoms with Crippen molar-refractivity contribution in [1.82, 2.24) is 0 Å². The lowest BCUT2D eigenvalue weighted by Gasteiger charge is -2.27. The number of hydrogen-bond acceptors (Lipinski definition) is 12. The second-order valence-corrected chi connectivity index (χ2v) is 17.7. The first-order valence-electron chi connectivity index (χ1n) is 23.2. The molecule has 0 aromatic heterocycles. The Bertz CT molecular complexity index is 2940. The third kappa shape index (κ3) is 9.58. The van der Waals surface area contributed by atoms with Gasteiger partial charge in [0.1, 0.15) is 46.0 Å². The average molecular weight is 961 g/mol. The molecular weight excluding hydrogens is 913 g/mol. The highest BCUT2D eigenvalue weighted by Crippen LogP contribution is 2.50. The highest BCUT2D eigenvalue weighted by atomic mass is 16.6. The molecule has 0 heterocycles. The number of esters is 4. The summed E-state index contributed by atoms with van der Waals surface area (Å²) in [5, 5.41) is 47.0. The molecule has 0 unspecified atom stereocenters. The van der Waals surface area contributed by atoms with Crippen molar-refractivity contribution in [3.05, 3.63) is 237 Å². The van der Waals surface area contributed by atoms with Crippen molar-refractivity contribution < 1.29 is 58.6 Å². The zero-order valence-corrected chi connectivity index (χ0v) is 39.5. The van der Waals surface area contributed by atoms with Crippen LogP contribution in [0.15, 0.2) is 170 Å². The van der Waals surface area contributed by atoms with E-state index in [2.05, 4.69) is 0 Å². The third-order valence-corrected chi connectivity index (χ3v) is 13.2. The Balaban J connectivity index is 1.31. The van der Waals surface area contributed by atoms with Crippen LogP contribution in [-0.4, -0.2) is 44.3 Å². The van der Waals surface area contributed by atoms with E-state index in [4.69, 9.17) is 18.9 Å². The summed E-state index contributed by atoms with van der Waals surface area (Å²) >= 11 is 0. The Hall–Kier alpha value is -9.16. The van der Waals surface area contributed by atoms with E-state index in [0.717, 1.165) is 0 Å². The molecule has 8 aromatic rings. The van der Waals surface area contributed by atoms with Crippen LogP contribution >= 0.6 is 0 Å². The lowest BCUT2D eigenvalue weighted by Crippen LogP contribution is -2.16. The smallest absolute Gasteiger partial charge is 0.343 e. The lowest BCUT2D eigenvalue weighted by molar-refractivity contribution is 0.0711. The molecule has 12 heteroatoms. The Labute approximate surface area is 414 Å². The Morgan fingerprint density at radius 1 is 0.292 bits per heavy atom. The number of ether oxygens (including phenoxy) is 4. The van der Waals surface area contributed by atoms with Gasteiger partial charge in [-0.1, -0.05) is 100 Å². The molecular formula is C60H48O12. The number of fused-ring (bicyclic) bond motifs is 8. The van der Waals surface area contributed by atoms with Gasteiger partial charge in [-0.3, -0.25) is 0 Å². The van der Waals surface area contributed by atoms with E-state index < -0.39 is 47.5 Å². The first kappa shape index (κ1) is 47.9. The van der Waals surface area contributed by atoms with E-state index >= 15 is 0 Å². The summed E-state index contributed by atoms with van der Waals surface area (Å²) in [7, 11) is 0. The molecule has 0 aliphatic heterocycles. The number of hydrogen-bond donors (Lipinski definition) is 4. The quantitative estimate of drug-likeness (QED) is 0.0835. The fourth-order valence-corrected chi connectivity index (χ4v) is 9.11. The van der Waals surface area contributed by atoms with E-state index in [1.165, 1.54) is 24.3 Å². The molecule has 0 spiro atoms. The Morgan fingerprint density at radius 2 is 0.486 bits per heavy atom. The summed E-state index contributed by atoms with van der Waals surface area (Å²) in [5.74, 6) is -7.51. The summed E-state index contributed by atoms with van der Waals surface area (Å²) in [6.07, 6.45) is 0. The van der Waals surface area contributed by atoms with Gasteiger partial charge in [0, 0.05) is 92.4 Å². The van der Waals surface area contributed by atoms with Gasteiger partial charge in [-0.25, -0.2) is 19.2 Å². The van der Waals surface area contributed by atoms with Crippen LogP contribution in [0.1, 0.15) is 137 Å². The van der Waals surface area contributed by atoms with Crippen molar-refractivity contribution in [3.8, 4) is 46.0 Å². The van der Waals surface area contributed by atoms with Gasteiger partial charge in [0.2, 0.25) is 0 Å². The maximum atomic E-state index is 13.9. The third-order valence-electron chi connectivity index (χ3n) is 13.2. The fourth-order valence-electron chi connectivity index (χ4n) is 9.11. The molecule has 0 amide bonds. The summed E-state index contributed by atoms with van der Waals surface area (Å²) in [6, 6.07) is 45.0. The molecule has 4 atom stereocenters. The van der Waals surface area contributed by atoms with Gasteiger partial charge in [-0.15, -0.1) is 0 Å². The molecule has 0 saturated heterocycles. The number of phenolic OH excluding ortho intramolecular Hbond substituents is 4. The number of aromatic hydroxyl groups is 4. The number of rotatable bonds is 8. The van der Waals surface area contributed by atoms with E-state index in [0.29, 0.717) is 22.3 Å². The molecule has 0 saturated carbocycles. The monoisotopic (exact) mass is 960 g/mol. The van der Waals surface area contributed by atoms with Crippen molar-refractivity contribution in [2.45, 2.75) is 51.4 Å². The van der Waals surface area contributed by atoms with E-state index in [1.807, 2.05) is 0 Å². The number of carbonyl (C=O) groups is 4. The molecule has 72 heavy (non-hydrogen) atoms. The molecule has 4 N–H and O–H groups in total. The maximum Gasteiger partial charge on any atom is 0.343 e. The van der Waals surface area contributed by atoms with Crippen LogP contribution in [0.2, 0.25) is 0 Å². The molecule has 8 aromatic carbocycles. The van der Waals surface area contributed by atoms with Crippen LogP contribution in [0.4, 0.5) is 0 Å². The molecule has 1 aliphatic rings. The largest absolute Gasteiger partial charge is 0.508 e. The standard InChI is InChI=1S/C60H48O12/c1-33-41-25-42(50(62)29-49(41)61)34(2)47-28-48(56(72-60(68)40-23-15-8-16-24-40)32-55(47)71-59(67)39-21-13-7-14-22-39)36(4)44-26-43(51(63)30-52(44)64)35(3)46-27-45(33)53(69-57(65)37-17-9-5-10-18-37)31-54(46)70-58(66)38-19-11-6-12-20-38/h5-36,61-64H,1-4H3/t33-,34-,35+,36+. The number of benzene rings is 8. The normalized spacial score (nSPS) is 15.9. The van der Waals surface area contributed by atoms with Gasteiger partial charge in [0.15, 0.2) is 0 Å². The van der Waals surface area contributed by atoms with Gasteiger partial charge in [-0.05, 0) is 72.8 Å². The second kappa shape index (κ2) is 20.1. The van der Waals surface area contributed by atoms with Crippen LogP contribution in [0.5, 0.6) is 46.0 Å². The van der Waals surface area contributed by atoms with Crippen molar-refractivity contribution in [1.29, 1.82) is 0 Å². The van der Waals surface area contributed by atoms with Gasteiger partial charge < -0.3 is 39.4 Å². The topological polar surface area (TPSA) is 186 Å². The van der Waals surface area contributed by atoms with Gasteiger partial charge >= 0.3 is 23.9 Å². The van der Waals surface area contributed by atoms with Crippen molar-refractivity contribution in [2.24, 2.45) is 0 Å². The lowest BCUT2D eigenvalue weighted by atomic mass is 9.80. The molecule has 8 bridgehead atoms. The first-order chi connectivity index (χ1) is 34.7. The van der Waals surface area contributed by atoms with Crippen LogP contribution in [0, 0.1) is 0 Å². The number of carbonyl (C=O) groups excluding carboxylic acids is 4. The van der Waals surface area contributed by atoms with Crippen LogP contribution in [0.25, 0.3) is 0 Å². The predicted molar refractivity (Wildman–Crippen MR) is 268 cm³/mol. The molecule has 1 aliphatic carbocycles. The Kier molecular flexibility index (Phi) is 13.3. The second-order valence-electron chi connectivity index (χ2n) is 17.7. The summed E-state index contributed by atoms with van der Waals surface area (Å²) in [5.41, 5.74) is 3.46. The minimum absolute atomic E-state index is 0.0176. The highest BCUT2D eigenvalue weighted by Gasteiger charge is 2.32. The Morgan fingerprint density at radius 3 is 0.694 bits per heavy atom. The van der Waals surface area contributed by atoms with Crippen molar-refractivity contribution >= 4 is 23.9 Å². The predicted octanol–water partition coefficient (Wildman–Crippen LogP) is 12.3. The SMILES string of the molecule is C[C@@H]1c2cc(c(O)cc2O)[C@@H](C)c2cc(c(OC(=O)c3ccccc3)cc2OC(=O)c2ccccc2)[C@@H](C)c2cc(c(O)cc2O)[C@H](C)c2cc1c(OC(=O)c1ccccc1)cc2OC(=O)c1ccccc1. The van der Waals surface area contributed by atoms with Crippen molar-refractivity contribution in [2.75, 3.05) is 0 Å². The zero-order chi connectivity index (χ0) is 50.8. The van der Waals surface area contributed by atoms with Crippen LogP contribution < -0.4 is 18.9 Å². The summed E-state index contributed by atoms with van der Waals surface area (Å²) in [4.78, 5) is 55.6. The van der Waals surface area contributed by atoms with Gasteiger partial charge in [0.25, 0.3) is 0 Å².